The molecule has 0 bridgehead atoms. The maximum atomic E-state index is 11.4. The molecule has 0 aromatic rings. The van der Waals surface area contributed by atoms with Crippen LogP contribution in [0.15, 0.2) is 0 Å². The summed E-state index contributed by atoms with van der Waals surface area (Å²) in [4.78, 5) is 11.4. The zero-order chi connectivity index (χ0) is 12.4. The third-order valence-corrected chi connectivity index (χ3v) is 2.13. The van der Waals surface area contributed by atoms with Gasteiger partial charge in [0.05, 0.1) is 6.61 Å². The first-order chi connectivity index (χ1) is 7.56. The molecule has 3 N–H and O–H groups in total. The number of carbonyl (C=O) groups is 1. The zero-order valence-corrected chi connectivity index (χ0v) is 10.8. The predicted molar refractivity (Wildman–Crippen MR) is 66.2 cm³/mol. The molecule has 1 unspecified atom stereocenters. The minimum atomic E-state index is -0.0124. The molecular formula is C12H26N2O2. The van der Waals surface area contributed by atoms with Gasteiger partial charge in [0.15, 0.2) is 0 Å². The van der Waals surface area contributed by atoms with Gasteiger partial charge in [-0.25, -0.2) is 0 Å². The van der Waals surface area contributed by atoms with E-state index in [0.717, 1.165) is 19.4 Å². The Morgan fingerprint density at radius 2 is 2.12 bits per heavy atom. The Morgan fingerprint density at radius 1 is 1.44 bits per heavy atom. The Hall–Kier alpha value is -0.610. The lowest BCUT2D eigenvalue weighted by Gasteiger charge is -2.11. The van der Waals surface area contributed by atoms with Crippen molar-refractivity contribution in [2.45, 2.75) is 46.1 Å². The molecule has 0 saturated heterocycles. The van der Waals surface area contributed by atoms with Gasteiger partial charge in [-0.15, -0.1) is 0 Å². The van der Waals surface area contributed by atoms with E-state index in [1.807, 2.05) is 0 Å². The van der Waals surface area contributed by atoms with Gasteiger partial charge in [-0.1, -0.05) is 27.2 Å². The standard InChI is InChI=1S/C12H26N2O2/c1-4-5-11(13)8-12(15)14-6-7-16-9-10(2)3/h10-11H,4-9,13H2,1-3H3,(H,14,15). The van der Waals surface area contributed by atoms with Crippen LogP contribution in [0.4, 0.5) is 0 Å². The molecule has 4 heteroatoms. The molecule has 0 spiro atoms. The third kappa shape index (κ3) is 9.93. The van der Waals surface area contributed by atoms with E-state index in [1.165, 1.54) is 0 Å². The Morgan fingerprint density at radius 3 is 2.69 bits per heavy atom. The quantitative estimate of drug-likeness (QED) is 0.587. The van der Waals surface area contributed by atoms with Gasteiger partial charge in [0.2, 0.25) is 5.91 Å². The van der Waals surface area contributed by atoms with Crippen molar-refractivity contribution in [1.82, 2.24) is 5.32 Å². The monoisotopic (exact) mass is 230 g/mol. The summed E-state index contributed by atoms with van der Waals surface area (Å²) >= 11 is 0. The lowest BCUT2D eigenvalue weighted by Crippen LogP contribution is -2.33. The Kier molecular flexibility index (Phi) is 9.24. The number of rotatable bonds is 9. The lowest BCUT2D eigenvalue weighted by atomic mass is 10.1. The number of hydrogen-bond acceptors (Lipinski definition) is 3. The smallest absolute Gasteiger partial charge is 0.221 e. The van der Waals surface area contributed by atoms with Crippen LogP contribution in [0.1, 0.15) is 40.0 Å². The molecule has 0 radical (unpaired) electrons. The van der Waals surface area contributed by atoms with Crippen LogP contribution in [0.25, 0.3) is 0 Å². The second-order valence-electron chi connectivity index (χ2n) is 4.57. The van der Waals surface area contributed by atoms with Crippen molar-refractivity contribution in [1.29, 1.82) is 0 Å². The van der Waals surface area contributed by atoms with E-state index in [-0.39, 0.29) is 11.9 Å². The maximum absolute atomic E-state index is 11.4. The number of carbonyl (C=O) groups excluding carboxylic acids is 1. The van der Waals surface area contributed by atoms with Gasteiger partial charge in [0, 0.05) is 25.6 Å². The molecule has 16 heavy (non-hydrogen) atoms. The highest BCUT2D eigenvalue weighted by Gasteiger charge is 2.07. The van der Waals surface area contributed by atoms with E-state index in [4.69, 9.17) is 10.5 Å². The van der Waals surface area contributed by atoms with Crippen LogP contribution in [0, 0.1) is 5.92 Å². The molecule has 0 aliphatic carbocycles. The summed E-state index contributed by atoms with van der Waals surface area (Å²) in [5, 5.41) is 2.80. The molecule has 0 heterocycles. The zero-order valence-electron chi connectivity index (χ0n) is 10.8. The first-order valence-electron chi connectivity index (χ1n) is 6.16. The summed E-state index contributed by atoms with van der Waals surface area (Å²) in [7, 11) is 0. The van der Waals surface area contributed by atoms with Crippen LogP contribution < -0.4 is 11.1 Å². The van der Waals surface area contributed by atoms with Crippen molar-refractivity contribution in [2.75, 3.05) is 19.8 Å². The molecule has 0 saturated carbocycles. The number of amides is 1. The molecule has 0 fully saturated rings. The number of nitrogens with one attached hydrogen (secondary N) is 1. The molecule has 4 nitrogen and oxygen atoms in total. The minimum Gasteiger partial charge on any atom is -0.379 e. The average Bonchev–Trinajstić information content (AvgIpc) is 2.16. The van der Waals surface area contributed by atoms with Gasteiger partial charge in [-0.3, -0.25) is 4.79 Å². The van der Waals surface area contributed by atoms with E-state index >= 15 is 0 Å². The highest BCUT2D eigenvalue weighted by molar-refractivity contribution is 5.76. The van der Waals surface area contributed by atoms with Crippen molar-refractivity contribution in [2.24, 2.45) is 11.7 Å². The van der Waals surface area contributed by atoms with Crippen LogP contribution in [0.3, 0.4) is 0 Å². The predicted octanol–water partition coefficient (Wildman–Crippen LogP) is 1.29. The third-order valence-electron chi connectivity index (χ3n) is 2.13. The van der Waals surface area contributed by atoms with Gasteiger partial charge < -0.3 is 15.8 Å². The van der Waals surface area contributed by atoms with Crippen LogP contribution in [0.2, 0.25) is 0 Å². The fraction of sp³-hybridized carbons (Fsp3) is 0.917. The molecular weight excluding hydrogens is 204 g/mol. The van der Waals surface area contributed by atoms with E-state index < -0.39 is 0 Å². The van der Waals surface area contributed by atoms with E-state index in [9.17, 15) is 4.79 Å². The van der Waals surface area contributed by atoms with E-state index in [0.29, 0.717) is 25.5 Å². The SMILES string of the molecule is CCCC(N)CC(=O)NCCOCC(C)C. The van der Waals surface area contributed by atoms with Gasteiger partial charge in [-0.05, 0) is 12.3 Å². The molecule has 0 aromatic carbocycles. The first kappa shape index (κ1) is 15.4. The number of hydrogen-bond donors (Lipinski definition) is 2. The Labute approximate surface area is 98.9 Å². The molecule has 0 aliphatic rings. The molecule has 96 valence electrons. The lowest BCUT2D eigenvalue weighted by molar-refractivity contribution is -0.121. The van der Waals surface area contributed by atoms with Crippen molar-refractivity contribution in [3.05, 3.63) is 0 Å². The maximum Gasteiger partial charge on any atom is 0.221 e. The summed E-state index contributed by atoms with van der Waals surface area (Å²) in [6.45, 7) is 8.16. The minimum absolute atomic E-state index is 0.0124. The normalized spacial score (nSPS) is 12.8. The fourth-order valence-corrected chi connectivity index (χ4v) is 1.36. The number of nitrogens with two attached hydrogens (primary N) is 1. The highest BCUT2D eigenvalue weighted by atomic mass is 16.5. The Balaban J connectivity index is 3.36. The largest absolute Gasteiger partial charge is 0.379 e. The van der Waals surface area contributed by atoms with Gasteiger partial charge in [0.1, 0.15) is 0 Å². The first-order valence-corrected chi connectivity index (χ1v) is 6.16. The van der Waals surface area contributed by atoms with Crippen LogP contribution in [0.5, 0.6) is 0 Å². The molecule has 1 atom stereocenters. The van der Waals surface area contributed by atoms with Crippen molar-refractivity contribution < 1.29 is 9.53 Å². The van der Waals surface area contributed by atoms with Crippen molar-refractivity contribution >= 4 is 5.91 Å². The summed E-state index contributed by atoms with van der Waals surface area (Å²) in [6, 6.07) is -0.0124. The molecule has 0 aromatic heterocycles. The molecule has 0 rings (SSSR count). The van der Waals surface area contributed by atoms with Crippen molar-refractivity contribution in [3.63, 3.8) is 0 Å². The number of ether oxygens (including phenoxy) is 1. The fourth-order valence-electron chi connectivity index (χ4n) is 1.36. The van der Waals surface area contributed by atoms with Crippen molar-refractivity contribution in [3.8, 4) is 0 Å². The summed E-state index contributed by atoms with van der Waals surface area (Å²) in [5.74, 6) is 0.558. The molecule has 0 aliphatic heterocycles. The van der Waals surface area contributed by atoms with Crippen LogP contribution in [-0.4, -0.2) is 31.7 Å². The van der Waals surface area contributed by atoms with E-state index in [2.05, 4.69) is 26.1 Å². The average molecular weight is 230 g/mol. The molecule has 1 amide bonds. The summed E-state index contributed by atoms with van der Waals surface area (Å²) in [6.07, 6.45) is 2.33. The Bertz CT molecular complexity index is 184. The summed E-state index contributed by atoms with van der Waals surface area (Å²) in [5.41, 5.74) is 5.76. The summed E-state index contributed by atoms with van der Waals surface area (Å²) < 4.78 is 5.35. The van der Waals surface area contributed by atoms with Gasteiger partial charge >= 0.3 is 0 Å². The van der Waals surface area contributed by atoms with E-state index in [1.54, 1.807) is 0 Å². The second kappa shape index (κ2) is 9.60. The van der Waals surface area contributed by atoms with Gasteiger partial charge in [-0.2, -0.15) is 0 Å². The van der Waals surface area contributed by atoms with Crippen LogP contribution >= 0.6 is 0 Å². The second-order valence-corrected chi connectivity index (χ2v) is 4.57. The van der Waals surface area contributed by atoms with Crippen LogP contribution in [-0.2, 0) is 9.53 Å². The highest BCUT2D eigenvalue weighted by Crippen LogP contribution is 1.97. The topological polar surface area (TPSA) is 64.4 Å². The van der Waals surface area contributed by atoms with Gasteiger partial charge in [0.25, 0.3) is 0 Å².